The Hall–Kier alpha value is -2.10. The number of rotatable bonds is 2. The molecule has 1 aliphatic carbocycles. The Morgan fingerprint density at radius 3 is 2.04 bits per heavy atom. The van der Waals surface area contributed by atoms with Gasteiger partial charge in [-0.1, -0.05) is 72.3 Å². The summed E-state index contributed by atoms with van der Waals surface area (Å²) < 4.78 is 0.815. The predicted molar refractivity (Wildman–Crippen MR) is 108 cm³/mol. The van der Waals surface area contributed by atoms with Gasteiger partial charge in [0.1, 0.15) is 0 Å². The molecule has 0 aromatic heterocycles. The van der Waals surface area contributed by atoms with E-state index in [0.29, 0.717) is 5.02 Å². The summed E-state index contributed by atoms with van der Waals surface area (Å²) in [5, 5.41) is 3.67. The number of carbonyl (C=O) groups excluding carboxylic acids is 1. The van der Waals surface area contributed by atoms with E-state index in [9.17, 15) is 4.79 Å². The quantitative estimate of drug-likeness (QED) is 0.563. The fraction of sp³-hybridized carbons (Fsp3) is 0.136. The fourth-order valence-electron chi connectivity index (χ4n) is 4.62. The monoisotopic (exact) mass is 423 g/mol. The molecule has 1 spiro atoms. The van der Waals surface area contributed by atoms with Gasteiger partial charge in [-0.2, -0.15) is 0 Å². The lowest BCUT2D eigenvalue weighted by atomic mass is 9.77. The molecule has 1 saturated carbocycles. The van der Waals surface area contributed by atoms with Crippen LogP contribution in [0.15, 0.2) is 77.3 Å². The summed E-state index contributed by atoms with van der Waals surface area (Å²) in [6, 6.07) is 24.5. The van der Waals surface area contributed by atoms with Gasteiger partial charge < -0.3 is 5.32 Å². The third-order valence-electron chi connectivity index (χ3n) is 5.82. The highest BCUT2D eigenvalue weighted by atomic mass is 79.9. The highest BCUT2D eigenvalue weighted by Gasteiger charge is 2.76. The maximum absolute atomic E-state index is 13.2. The van der Waals surface area contributed by atoms with Gasteiger partial charge in [0.2, 0.25) is 5.91 Å². The van der Waals surface area contributed by atoms with Crippen LogP contribution < -0.4 is 5.32 Å². The van der Waals surface area contributed by atoms with Crippen LogP contribution in [0.1, 0.15) is 23.1 Å². The van der Waals surface area contributed by atoms with Crippen molar-refractivity contribution in [3.63, 3.8) is 0 Å². The average molecular weight is 425 g/mol. The summed E-state index contributed by atoms with van der Waals surface area (Å²) in [7, 11) is 0. The van der Waals surface area contributed by atoms with Crippen molar-refractivity contribution in [2.45, 2.75) is 17.3 Å². The Balaban J connectivity index is 1.79. The van der Waals surface area contributed by atoms with Gasteiger partial charge in [0, 0.05) is 15.6 Å². The van der Waals surface area contributed by atoms with Crippen molar-refractivity contribution >= 4 is 39.1 Å². The van der Waals surface area contributed by atoms with E-state index in [1.807, 2.05) is 48.5 Å². The number of carbonyl (C=O) groups is 1. The summed E-state index contributed by atoms with van der Waals surface area (Å²) in [6.07, 6.45) is 0.751. The molecule has 1 fully saturated rings. The van der Waals surface area contributed by atoms with E-state index in [0.717, 1.165) is 22.1 Å². The van der Waals surface area contributed by atoms with Crippen LogP contribution in [0.25, 0.3) is 0 Å². The molecule has 5 rings (SSSR count). The smallest absolute Gasteiger partial charge is 0.236 e. The average Bonchev–Trinajstić information content (AvgIpc) is 3.31. The molecule has 0 bridgehead atoms. The Kier molecular flexibility index (Phi) is 3.37. The molecule has 0 saturated heterocycles. The SMILES string of the molecule is O=C1Nc2cc(Cl)c(Br)cc2C12CC2(c1ccccc1)c1ccccc1. The molecule has 1 heterocycles. The molecule has 3 aromatic carbocycles. The molecule has 4 heteroatoms. The summed E-state index contributed by atoms with van der Waals surface area (Å²) in [5.74, 6) is 0.0503. The zero-order chi connectivity index (χ0) is 17.9. The molecule has 1 N–H and O–H groups in total. The van der Waals surface area contributed by atoms with Crippen molar-refractivity contribution in [2.24, 2.45) is 0 Å². The lowest BCUT2D eigenvalue weighted by molar-refractivity contribution is -0.118. The fourth-order valence-corrected chi connectivity index (χ4v) is 5.12. The molecule has 3 aromatic rings. The molecule has 1 unspecified atom stereocenters. The number of anilines is 1. The predicted octanol–water partition coefficient (Wildman–Crippen LogP) is 5.68. The molecule has 0 radical (unpaired) electrons. The van der Waals surface area contributed by atoms with E-state index in [-0.39, 0.29) is 11.3 Å². The van der Waals surface area contributed by atoms with Gasteiger partial charge in [0.05, 0.1) is 10.4 Å². The molecular formula is C22H15BrClNO. The molecule has 1 amide bonds. The maximum atomic E-state index is 13.2. The van der Waals surface area contributed by atoms with Gasteiger partial charge in [-0.15, -0.1) is 0 Å². The van der Waals surface area contributed by atoms with Crippen molar-refractivity contribution in [2.75, 3.05) is 5.32 Å². The highest BCUT2D eigenvalue weighted by molar-refractivity contribution is 9.10. The van der Waals surface area contributed by atoms with Crippen LogP contribution in [0.3, 0.4) is 0 Å². The Morgan fingerprint density at radius 2 is 1.46 bits per heavy atom. The molecule has 128 valence electrons. The Morgan fingerprint density at radius 1 is 0.885 bits per heavy atom. The first-order chi connectivity index (χ1) is 12.6. The summed E-state index contributed by atoms with van der Waals surface area (Å²) >= 11 is 9.79. The van der Waals surface area contributed by atoms with Crippen molar-refractivity contribution in [1.82, 2.24) is 0 Å². The van der Waals surface area contributed by atoms with E-state index >= 15 is 0 Å². The molecule has 2 nitrogen and oxygen atoms in total. The first-order valence-corrected chi connectivity index (χ1v) is 9.69. The summed E-state index contributed by atoms with van der Waals surface area (Å²) in [5.41, 5.74) is 3.21. The first kappa shape index (κ1) is 16.1. The standard InChI is InChI=1S/C22H15BrClNO/c23-17-11-16-19(12-18(17)24)25-20(26)22(16)13-21(22,14-7-3-1-4-8-14)15-9-5-2-6-10-15/h1-12H,13H2,(H,25,26). The molecular weight excluding hydrogens is 410 g/mol. The van der Waals surface area contributed by atoms with Crippen LogP contribution >= 0.6 is 27.5 Å². The van der Waals surface area contributed by atoms with E-state index in [2.05, 4.69) is 45.5 Å². The zero-order valence-corrected chi connectivity index (χ0v) is 16.1. The van der Waals surface area contributed by atoms with Crippen LogP contribution in [-0.4, -0.2) is 5.91 Å². The zero-order valence-electron chi connectivity index (χ0n) is 13.8. The summed E-state index contributed by atoms with van der Waals surface area (Å²) in [6.45, 7) is 0. The minimum atomic E-state index is -0.599. The van der Waals surface area contributed by atoms with E-state index in [1.165, 1.54) is 11.1 Å². The minimum Gasteiger partial charge on any atom is -0.325 e. The molecule has 1 aliphatic heterocycles. The molecule has 1 atom stereocenters. The number of halogens is 2. The Bertz CT molecular complexity index is 995. The lowest BCUT2D eigenvalue weighted by Gasteiger charge is -2.23. The highest BCUT2D eigenvalue weighted by Crippen LogP contribution is 2.72. The van der Waals surface area contributed by atoms with Crippen LogP contribution in [0.5, 0.6) is 0 Å². The number of benzene rings is 3. The minimum absolute atomic E-state index is 0.0503. The van der Waals surface area contributed by atoms with Crippen molar-refractivity contribution in [3.8, 4) is 0 Å². The van der Waals surface area contributed by atoms with Crippen LogP contribution in [0, 0.1) is 0 Å². The summed E-state index contributed by atoms with van der Waals surface area (Å²) in [4.78, 5) is 13.2. The second-order valence-corrected chi connectivity index (χ2v) is 8.25. The van der Waals surface area contributed by atoms with Gasteiger partial charge in [0.15, 0.2) is 0 Å². The second kappa shape index (κ2) is 5.45. The van der Waals surface area contributed by atoms with Gasteiger partial charge >= 0.3 is 0 Å². The maximum Gasteiger partial charge on any atom is 0.236 e. The van der Waals surface area contributed by atoms with Crippen molar-refractivity contribution in [3.05, 3.63) is 99.0 Å². The largest absolute Gasteiger partial charge is 0.325 e. The van der Waals surface area contributed by atoms with E-state index in [4.69, 9.17) is 11.6 Å². The number of hydrogen-bond acceptors (Lipinski definition) is 1. The third-order valence-corrected chi connectivity index (χ3v) is 7.02. The number of nitrogens with one attached hydrogen (secondary N) is 1. The van der Waals surface area contributed by atoms with E-state index < -0.39 is 5.41 Å². The van der Waals surface area contributed by atoms with Gasteiger partial charge in [-0.05, 0) is 51.2 Å². The van der Waals surface area contributed by atoms with Gasteiger partial charge in [0.25, 0.3) is 0 Å². The van der Waals surface area contributed by atoms with Crippen molar-refractivity contribution < 1.29 is 4.79 Å². The third kappa shape index (κ3) is 1.90. The van der Waals surface area contributed by atoms with Crippen LogP contribution in [-0.2, 0) is 15.6 Å². The lowest BCUT2D eigenvalue weighted by Crippen LogP contribution is -2.30. The van der Waals surface area contributed by atoms with Gasteiger partial charge in [-0.3, -0.25) is 4.79 Å². The Labute approximate surface area is 165 Å². The number of fused-ring (bicyclic) bond motifs is 2. The topological polar surface area (TPSA) is 29.1 Å². The van der Waals surface area contributed by atoms with E-state index in [1.54, 1.807) is 0 Å². The normalized spacial score (nSPS) is 22.2. The van der Waals surface area contributed by atoms with Gasteiger partial charge in [-0.25, -0.2) is 0 Å². The van der Waals surface area contributed by atoms with Crippen LogP contribution in [0.4, 0.5) is 5.69 Å². The van der Waals surface area contributed by atoms with Crippen molar-refractivity contribution in [1.29, 1.82) is 0 Å². The first-order valence-electron chi connectivity index (χ1n) is 8.52. The molecule has 2 aliphatic rings. The number of hydrogen-bond donors (Lipinski definition) is 1. The number of amides is 1. The molecule has 26 heavy (non-hydrogen) atoms. The second-order valence-electron chi connectivity index (χ2n) is 6.99. The van der Waals surface area contributed by atoms with Crippen LogP contribution in [0.2, 0.25) is 5.02 Å².